The minimum atomic E-state index is -1.00. The normalized spacial score (nSPS) is 11.3. The molecule has 2 aromatic rings. The molecule has 5 nitrogen and oxygen atoms in total. The number of primary amides is 1. The Bertz CT molecular complexity index is 783. The standard InChI is InChI=1S/C17H14FN3O2/c18-14-7-2-1-6-13(14)17(23)21-15(16(20)22)9-11-4-3-5-12(8-11)10-19/h1-8,15H,9H2,(H2,20,22)(H,21,23)/t15-/m0/s1. The summed E-state index contributed by atoms with van der Waals surface area (Å²) < 4.78 is 13.6. The highest BCUT2D eigenvalue weighted by atomic mass is 19.1. The maximum absolute atomic E-state index is 13.6. The van der Waals surface area contributed by atoms with Gasteiger partial charge in [-0.15, -0.1) is 0 Å². The summed E-state index contributed by atoms with van der Waals surface area (Å²) in [5.74, 6) is -2.14. The van der Waals surface area contributed by atoms with Crippen molar-refractivity contribution in [2.24, 2.45) is 5.73 Å². The molecule has 0 saturated carbocycles. The van der Waals surface area contributed by atoms with Crippen molar-refractivity contribution in [3.8, 4) is 6.07 Å². The molecule has 0 radical (unpaired) electrons. The Morgan fingerprint density at radius 2 is 1.96 bits per heavy atom. The Kier molecular flexibility index (Phi) is 5.05. The van der Waals surface area contributed by atoms with E-state index in [1.165, 1.54) is 18.2 Å². The molecule has 6 heteroatoms. The first kappa shape index (κ1) is 16.2. The number of halogens is 1. The predicted octanol–water partition coefficient (Wildman–Crippen LogP) is 1.52. The van der Waals surface area contributed by atoms with Crippen molar-refractivity contribution in [3.05, 3.63) is 71.0 Å². The average molecular weight is 311 g/mol. The van der Waals surface area contributed by atoms with Gasteiger partial charge in [-0.3, -0.25) is 9.59 Å². The van der Waals surface area contributed by atoms with Gasteiger partial charge in [0.25, 0.3) is 5.91 Å². The van der Waals surface area contributed by atoms with Crippen LogP contribution in [-0.4, -0.2) is 17.9 Å². The number of carbonyl (C=O) groups is 2. The highest BCUT2D eigenvalue weighted by molar-refractivity contribution is 5.97. The van der Waals surface area contributed by atoms with Crippen molar-refractivity contribution in [3.63, 3.8) is 0 Å². The molecular formula is C17H14FN3O2. The van der Waals surface area contributed by atoms with Crippen LogP contribution in [0.25, 0.3) is 0 Å². The van der Waals surface area contributed by atoms with Gasteiger partial charge in [0.05, 0.1) is 17.2 Å². The number of nitrogens with one attached hydrogen (secondary N) is 1. The number of hydrogen-bond donors (Lipinski definition) is 2. The Hall–Kier alpha value is -3.20. The Morgan fingerprint density at radius 3 is 2.61 bits per heavy atom. The number of nitrogens with zero attached hydrogens (tertiary/aromatic N) is 1. The minimum Gasteiger partial charge on any atom is -0.368 e. The molecule has 0 bridgehead atoms. The quantitative estimate of drug-likeness (QED) is 0.876. The van der Waals surface area contributed by atoms with E-state index in [-0.39, 0.29) is 12.0 Å². The molecule has 0 heterocycles. The molecule has 2 amide bonds. The van der Waals surface area contributed by atoms with Crippen LogP contribution in [0.4, 0.5) is 4.39 Å². The minimum absolute atomic E-state index is 0.116. The molecule has 0 aromatic heterocycles. The second kappa shape index (κ2) is 7.18. The number of nitrogens with two attached hydrogens (primary N) is 1. The monoisotopic (exact) mass is 311 g/mol. The zero-order valence-corrected chi connectivity index (χ0v) is 12.1. The number of carbonyl (C=O) groups excluding carboxylic acids is 2. The molecule has 0 aliphatic rings. The Labute approximate surface area is 132 Å². The van der Waals surface area contributed by atoms with Crippen LogP contribution in [0, 0.1) is 17.1 Å². The lowest BCUT2D eigenvalue weighted by atomic mass is 10.0. The van der Waals surface area contributed by atoms with Crippen molar-refractivity contribution in [2.75, 3.05) is 0 Å². The summed E-state index contributed by atoms with van der Waals surface area (Å²) in [6.45, 7) is 0. The summed E-state index contributed by atoms with van der Waals surface area (Å²) in [6, 6.07) is 13.1. The third-order valence-electron chi connectivity index (χ3n) is 3.26. The van der Waals surface area contributed by atoms with Crippen LogP contribution in [0.5, 0.6) is 0 Å². The molecule has 0 aliphatic carbocycles. The average Bonchev–Trinajstić information content (AvgIpc) is 2.54. The van der Waals surface area contributed by atoms with Gasteiger partial charge in [0.15, 0.2) is 0 Å². The Morgan fingerprint density at radius 1 is 1.22 bits per heavy atom. The van der Waals surface area contributed by atoms with E-state index in [0.29, 0.717) is 11.1 Å². The van der Waals surface area contributed by atoms with E-state index < -0.39 is 23.7 Å². The van der Waals surface area contributed by atoms with Crippen molar-refractivity contribution < 1.29 is 14.0 Å². The maximum Gasteiger partial charge on any atom is 0.254 e. The molecule has 2 aromatic carbocycles. The topological polar surface area (TPSA) is 96.0 Å². The van der Waals surface area contributed by atoms with Crippen LogP contribution in [0.1, 0.15) is 21.5 Å². The number of rotatable bonds is 5. The first-order valence-corrected chi connectivity index (χ1v) is 6.85. The second-order valence-electron chi connectivity index (χ2n) is 4.92. The van der Waals surface area contributed by atoms with Gasteiger partial charge in [-0.25, -0.2) is 4.39 Å². The zero-order valence-electron chi connectivity index (χ0n) is 12.1. The highest BCUT2D eigenvalue weighted by Gasteiger charge is 2.21. The predicted molar refractivity (Wildman–Crippen MR) is 81.7 cm³/mol. The van der Waals surface area contributed by atoms with Gasteiger partial charge in [-0.2, -0.15) is 5.26 Å². The molecule has 0 spiro atoms. The van der Waals surface area contributed by atoms with Gasteiger partial charge in [-0.05, 0) is 29.8 Å². The number of hydrogen-bond acceptors (Lipinski definition) is 3. The van der Waals surface area contributed by atoms with E-state index in [2.05, 4.69) is 5.32 Å². The summed E-state index contributed by atoms with van der Waals surface area (Å²) >= 11 is 0. The zero-order chi connectivity index (χ0) is 16.8. The first-order chi connectivity index (χ1) is 11.0. The SMILES string of the molecule is N#Cc1cccc(C[C@H](NC(=O)c2ccccc2F)C(N)=O)c1. The van der Waals surface area contributed by atoms with Crippen molar-refractivity contribution >= 4 is 11.8 Å². The summed E-state index contributed by atoms with van der Waals surface area (Å²) in [5, 5.41) is 11.3. The van der Waals surface area contributed by atoms with Crippen LogP contribution in [0.15, 0.2) is 48.5 Å². The van der Waals surface area contributed by atoms with Crippen molar-refractivity contribution in [1.82, 2.24) is 5.32 Å². The third-order valence-corrected chi connectivity index (χ3v) is 3.26. The molecule has 1 atom stereocenters. The van der Waals surface area contributed by atoms with Crippen LogP contribution < -0.4 is 11.1 Å². The van der Waals surface area contributed by atoms with E-state index in [9.17, 15) is 14.0 Å². The van der Waals surface area contributed by atoms with Gasteiger partial charge in [0.1, 0.15) is 11.9 Å². The van der Waals surface area contributed by atoms with Gasteiger partial charge in [-0.1, -0.05) is 24.3 Å². The lowest BCUT2D eigenvalue weighted by molar-refractivity contribution is -0.119. The molecule has 116 valence electrons. The smallest absolute Gasteiger partial charge is 0.254 e. The van der Waals surface area contributed by atoms with Crippen LogP contribution in [0.3, 0.4) is 0 Å². The number of nitriles is 1. The van der Waals surface area contributed by atoms with E-state index in [1.54, 1.807) is 24.3 Å². The Balaban J connectivity index is 2.16. The van der Waals surface area contributed by atoms with Crippen LogP contribution >= 0.6 is 0 Å². The van der Waals surface area contributed by atoms with E-state index in [0.717, 1.165) is 6.07 Å². The fourth-order valence-corrected chi connectivity index (χ4v) is 2.11. The van der Waals surface area contributed by atoms with Crippen molar-refractivity contribution in [1.29, 1.82) is 5.26 Å². The molecule has 0 aliphatic heterocycles. The molecule has 0 saturated heterocycles. The number of amides is 2. The van der Waals surface area contributed by atoms with E-state index in [1.807, 2.05) is 6.07 Å². The lowest BCUT2D eigenvalue weighted by Gasteiger charge is -2.16. The fraction of sp³-hybridized carbons (Fsp3) is 0.118. The van der Waals surface area contributed by atoms with Crippen molar-refractivity contribution in [2.45, 2.75) is 12.5 Å². The maximum atomic E-state index is 13.6. The molecular weight excluding hydrogens is 297 g/mol. The van der Waals surface area contributed by atoms with Gasteiger partial charge in [0, 0.05) is 6.42 Å². The summed E-state index contributed by atoms with van der Waals surface area (Å²) in [4.78, 5) is 23.6. The number of benzene rings is 2. The fourth-order valence-electron chi connectivity index (χ4n) is 2.11. The lowest BCUT2D eigenvalue weighted by Crippen LogP contribution is -2.46. The molecule has 0 fully saturated rings. The molecule has 2 rings (SSSR count). The van der Waals surface area contributed by atoms with Gasteiger partial charge in [0.2, 0.25) is 5.91 Å². The highest BCUT2D eigenvalue weighted by Crippen LogP contribution is 2.10. The molecule has 3 N–H and O–H groups in total. The van der Waals surface area contributed by atoms with E-state index in [4.69, 9.17) is 11.0 Å². The van der Waals surface area contributed by atoms with Gasteiger partial charge < -0.3 is 11.1 Å². The largest absolute Gasteiger partial charge is 0.368 e. The summed E-state index contributed by atoms with van der Waals surface area (Å²) in [6.07, 6.45) is 0.116. The summed E-state index contributed by atoms with van der Waals surface area (Å²) in [7, 11) is 0. The molecule has 23 heavy (non-hydrogen) atoms. The van der Waals surface area contributed by atoms with Crippen LogP contribution in [0.2, 0.25) is 0 Å². The first-order valence-electron chi connectivity index (χ1n) is 6.85. The van der Waals surface area contributed by atoms with E-state index >= 15 is 0 Å². The van der Waals surface area contributed by atoms with Gasteiger partial charge >= 0.3 is 0 Å². The van der Waals surface area contributed by atoms with Crippen LogP contribution in [-0.2, 0) is 11.2 Å². The summed E-state index contributed by atoms with van der Waals surface area (Å²) in [5.41, 5.74) is 6.25. The second-order valence-corrected chi connectivity index (χ2v) is 4.92. The molecule has 0 unspecified atom stereocenters. The third kappa shape index (κ3) is 4.14.